The molecule has 0 saturated heterocycles. The van der Waals surface area contributed by atoms with Gasteiger partial charge >= 0.3 is 0 Å². The fourth-order valence-electron chi connectivity index (χ4n) is 3.02. The van der Waals surface area contributed by atoms with Crippen molar-refractivity contribution >= 4 is 27.4 Å². The van der Waals surface area contributed by atoms with E-state index in [-0.39, 0.29) is 0 Å². The molecule has 0 spiro atoms. The van der Waals surface area contributed by atoms with Crippen molar-refractivity contribution in [1.29, 1.82) is 0 Å². The molecule has 0 unspecified atom stereocenters. The van der Waals surface area contributed by atoms with Crippen molar-refractivity contribution < 1.29 is 0 Å². The lowest BCUT2D eigenvalue weighted by Crippen LogP contribution is -2.23. The first-order chi connectivity index (χ1) is 10.9. The molecule has 3 heterocycles. The predicted octanol–water partition coefficient (Wildman–Crippen LogP) is 4.50. The number of nitrogens with zero attached hydrogens (tertiary/aromatic N) is 3. The molecule has 5 heteroatoms. The molecule has 0 aromatic carbocycles. The number of hydrogen-bond acceptors (Lipinski definition) is 5. The third kappa shape index (κ3) is 2.68. The summed E-state index contributed by atoms with van der Waals surface area (Å²) in [5.74, 6) is 1.66. The summed E-state index contributed by atoms with van der Waals surface area (Å²) in [5.41, 5.74) is 0.824. The molecule has 0 radical (unpaired) electrons. The third-order valence-electron chi connectivity index (χ3n) is 4.17. The Morgan fingerprint density at radius 3 is 2.77 bits per heavy atom. The summed E-state index contributed by atoms with van der Waals surface area (Å²) in [6.07, 6.45) is 8.22. The predicted molar refractivity (Wildman–Crippen MR) is 91.1 cm³/mol. The van der Waals surface area contributed by atoms with Crippen LogP contribution in [0.1, 0.15) is 32.1 Å². The van der Waals surface area contributed by atoms with E-state index in [1.165, 1.54) is 32.1 Å². The molecule has 1 aliphatic rings. The van der Waals surface area contributed by atoms with Crippen molar-refractivity contribution in [1.82, 2.24) is 15.0 Å². The largest absolute Gasteiger partial charge is 0.367 e. The maximum absolute atomic E-state index is 4.76. The monoisotopic (exact) mass is 310 g/mol. The molecule has 1 fully saturated rings. The second-order valence-electron chi connectivity index (χ2n) is 5.73. The molecular formula is C17H18N4S. The number of hydrogen-bond donors (Lipinski definition) is 1. The number of rotatable bonds is 3. The van der Waals surface area contributed by atoms with Crippen LogP contribution in [0.25, 0.3) is 21.7 Å². The van der Waals surface area contributed by atoms with Crippen LogP contribution < -0.4 is 5.32 Å². The van der Waals surface area contributed by atoms with E-state index in [1.807, 2.05) is 18.2 Å². The lowest BCUT2D eigenvalue weighted by atomic mass is 9.95. The summed E-state index contributed by atoms with van der Waals surface area (Å²) in [7, 11) is 0. The number of thiophene rings is 1. The van der Waals surface area contributed by atoms with E-state index < -0.39 is 0 Å². The van der Waals surface area contributed by atoms with Gasteiger partial charge in [-0.2, -0.15) is 0 Å². The van der Waals surface area contributed by atoms with Crippen molar-refractivity contribution in [3.63, 3.8) is 0 Å². The van der Waals surface area contributed by atoms with Crippen LogP contribution in [0.2, 0.25) is 0 Å². The lowest BCUT2D eigenvalue weighted by Gasteiger charge is -2.23. The Morgan fingerprint density at radius 1 is 1.05 bits per heavy atom. The van der Waals surface area contributed by atoms with Gasteiger partial charge in [0.1, 0.15) is 16.3 Å². The maximum Gasteiger partial charge on any atom is 0.181 e. The van der Waals surface area contributed by atoms with Crippen molar-refractivity contribution in [2.75, 3.05) is 5.32 Å². The molecule has 1 saturated carbocycles. The molecule has 22 heavy (non-hydrogen) atoms. The van der Waals surface area contributed by atoms with Gasteiger partial charge in [0.15, 0.2) is 5.82 Å². The first kappa shape index (κ1) is 13.6. The summed E-state index contributed by atoms with van der Waals surface area (Å²) < 4.78 is 0. The lowest BCUT2D eigenvalue weighted by molar-refractivity contribution is 0.462. The van der Waals surface area contributed by atoms with E-state index >= 15 is 0 Å². The Balaban J connectivity index is 1.74. The molecule has 4 rings (SSSR count). The fourth-order valence-corrected chi connectivity index (χ4v) is 3.78. The van der Waals surface area contributed by atoms with Crippen LogP contribution in [0, 0.1) is 0 Å². The van der Waals surface area contributed by atoms with Crippen molar-refractivity contribution in [3.05, 3.63) is 35.8 Å². The average Bonchev–Trinajstić information content (AvgIpc) is 3.05. The van der Waals surface area contributed by atoms with E-state index in [4.69, 9.17) is 4.98 Å². The molecule has 3 aromatic heterocycles. The standard InChI is InChI=1S/C17H18N4S/c1-2-6-12(7-3-1)19-15-13-9-11-22-17(13)21-16(20-15)14-8-4-5-10-18-14/h4-5,8-12H,1-3,6-7H2,(H,19,20,21). The minimum Gasteiger partial charge on any atom is -0.367 e. The Kier molecular flexibility index (Phi) is 3.72. The van der Waals surface area contributed by atoms with Gasteiger partial charge in [0.2, 0.25) is 0 Å². The Labute approximate surface area is 133 Å². The Morgan fingerprint density at radius 2 is 1.95 bits per heavy atom. The molecule has 0 amide bonds. The number of aromatic nitrogens is 3. The second kappa shape index (κ2) is 6.01. The number of anilines is 1. The van der Waals surface area contributed by atoms with Gasteiger partial charge in [0.05, 0.1) is 5.39 Å². The third-order valence-corrected chi connectivity index (χ3v) is 4.97. The van der Waals surface area contributed by atoms with Gasteiger partial charge in [-0.15, -0.1) is 11.3 Å². The highest BCUT2D eigenvalue weighted by Crippen LogP contribution is 2.30. The van der Waals surface area contributed by atoms with E-state index in [9.17, 15) is 0 Å². The highest BCUT2D eigenvalue weighted by molar-refractivity contribution is 7.16. The molecule has 0 aliphatic heterocycles. The van der Waals surface area contributed by atoms with Gasteiger partial charge in [0.25, 0.3) is 0 Å². The van der Waals surface area contributed by atoms with Gasteiger partial charge in [-0.3, -0.25) is 4.98 Å². The first-order valence-electron chi connectivity index (χ1n) is 7.83. The van der Waals surface area contributed by atoms with Crippen LogP contribution in [0.3, 0.4) is 0 Å². The molecule has 1 aliphatic carbocycles. The summed E-state index contributed by atoms with van der Waals surface area (Å²) >= 11 is 1.65. The number of fused-ring (bicyclic) bond motifs is 1. The maximum atomic E-state index is 4.76. The van der Waals surface area contributed by atoms with Crippen LogP contribution in [0.5, 0.6) is 0 Å². The molecule has 4 nitrogen and oxygen atoms in total. The van der Waals surface area contributed by atoms with Gasteiger partial charge in [0, 0.05) is 12.2 Å². The summed E-state index contributed by atoms with van der Waals surface area (Å²) in [5, 5.41) is 6.85. The molecular weight excluding hydrogens is 292 g/mol. The van der Waals surface area contributed by atoms with Crippen LogP contribution in [-0.4, -0.2) is 21.0 Å². The molecule has 0 atom stereocenters. The average molecular weight is 310 g/mol. The van der Waals surface area contributed by atoms with Crippen LogP contribution in [0.15, 0.2) is 35.8 Å². The zero-order valence-corrected chi connectivity index (χ0v) is 13.1. The summed E-state index contributed by atoms with van der Waals surface area (Å²) in [6, 6.07) is 8.47. The summed E-state index contributed by atoms with van der Waals surface area (Å²) in [4.78, 5) is 14.8. The molecule has 112 valence electrons. The van der Waals surface area contributed by atoms with Crippen LogP contribution in [0.4, 0.5) is 5.82 Å². The van der Waals surface area contributed by atoms with E-state index in [2.05, 4.69) is 26.7 Å². The smallest absolute Gasteiger partial charge is 0.181 e. The minimum atomic E-state index is 0.531. The number of nitrogens with one attached hydrogen (secondary N) is 1. The van der Waals surface area contributed by atoms with Gasteiger partial charge in [-0.1, -0.05) is 25.3 Å². The topological polar surface area (TPSA) is 50.7 Å². The van der Waals surface area contributed by atoms with Gasteiger partial charge < -0.3 is 5.32 Å². The zero-order valence-electron chi connectivity index (χ0n) is 12.3. The minimum absolute atomic E-state index is 0.531. The Bertz CT molecular complexity index is 763. The normalized spacial score (nSPS) is 16.0. The van der Waals surface area contributed by atoms with E-state index in [0.717, 1.165) is 21.7 Å². The van der Waals surface area contributed by atoms with Crippen molar-refractivity contribution in [2.24, 2.45) is 0 Å². The second-order valence-corrected chi connectivity index (χ2v) is 6.62. The van der Waals surface area contributed by atoms with Crippen molar-refractivity contribution in [2.45, 2.75) is 38.1 Å². The van der Waals surface area contributed by atoms with Crippen LogP contribution >= 0.6 is 11.3 Å². The molecule has 0 bridgehead atoms. The highest BCUT2D eigenvalue weighted by Gasteiger charge is 2.17. The van der Waals surface area contributed by atoms with Gasteiger partial charge in [-0.05, 0) is 36.4 Å². The SMILES string of the molecule is c1ccc(-c2nc(NC3CCCCC3)c3ccsc3n2)nc1. The van der Waals surface area contributed by atoms with Gasteiger partial charge in [-0.25, -0.2) is 9.97 Å². The summed E-state index contributed by atoms with van der Waals surface area (Å²) in [6.45, 7) is 0. The van der Waals surface area contributed by atoms with Crippen molar-refractivity contribution in [3.8, 4) is 11.5 Å². The molecule has 1 N–H and O–H groups in total. The van der Waals surface area contributed by atoms with E-state index in [1.54, 1.807) is 17.5 Å². The zero-order chi connectivity index (χ0) is 14.8. The van der Waals surface area contributed by atoms with Crippen LogP contribution in [-0.2, 0) is 0 Å². The highest BCUT2D eigenvalue weighted by atomic mass is 32.1. The number of pyridine rings is 1. The fraction of sp³-hybridized carbons (Fsp3) is 0.353. The first-order valence-corrected chi connectivity index (χ1v) is 8.71. The molecule has 3 aromatic rings. The Hall–Kier alpha value is -2.01. The quantitative estimate of drug-likeness (QED) is 0.774. The van der Waals surface area contributed by atoms with E-state index in [0.29, 0.717) is 11.9 Å².